The second-order valence-electron chi connectivity index (χ2n) is 4.29. The first-order chi connectivity index (χ1) is 9.81. The number of aryl methyl sites for hydroxylation is 1. The first-order valence-electron chi connectivity index (χ1n) is 5.83. The molecule has 0 heterocycles. The minimum absolute atomic E-state index is 0.118. The summed E-state index contributed by atoms with van der Waals surface area (Å²) in [5.41, 5.74) is 0.514. The molecule has 2 aromatic carbocycles. The van der Waals surface area contributed by atoms with E-state index in [-0.39, 0.29) is 16.3 Å². The molecule has 0 saturated carbocycles. The van der Waals surface area contributed by atoms with Crippen molar-refractivity contribution in [2.24, 2.45) is 0 Å². The summed E-state index contributed by atoms with van der Waals surface area (Å²) in [6.07, 6.45) is 0. The third-order valence-corrected chi connectivity index (χ3v) is 5.01. The number of sulfonamides is 1. The Morgan fingerprint density at radius 1 is 1.19 bits per heavy atom. The lowest BCUT2D eigenvalue weighted by atomic mass is 10.2. The third kappa shape index (κ3) is 3.40. The minimum Gasteiger partial charge on any atom is -0.278 e. The van der Waals surface area contributed by atoms with Crippen LogP contribution in [0.2, 0.25) is 0 Å². The fourth-order valence-corrected chi connectivity index (χ4v) is 3.56. The molecule has 6 nitrogen and oxygen atoms in total. The van der Waals surface area contributed by atoms with Crippen LogP contribution >= 0.6 is 15.9 Å². The van der Waals surface area contributed by atoms with Crippen LogP contribution in [0.15, 0.2) is 51.8 Å². The van der Waals surface area contributed by atoms with Crippen molar-refractivity contribution in [2.75, 3.05) is 4.72 Å². The number of nitro groups is 1. The van der Waals surface area contributed by atoms with Crippen LogP contribution in [-0.4, -0.2) is 13.3 Å². The summed E-state index contributed by atoms with van der Waals surface area (Å²) in [6, 6.07) is 10.4. The standard InChI is InChI=1S/C13H11BrN2O4S/c1-9-4-2-3-5-13(9)21(19,20)15-12-8-10(16(17)18)6-7-11(12)14/h2-8,15H,1H3. The van der Waals surface area contributed by atoms with Gasteiger partial charge in [0.1, 0.15) is 0 Å². The maximum Gasteiger partial charge on any atom is 0.271 e. The SMILES string of the molecule is Cc1ccccc1S(=O)(=O)Nc1cc([N+](=O)[O-])ccc1Br. The molecule has 0 radical (unpaired) electrons. The molecule has 0 aromatic heterocycles. The number of hydrogen-bond donors (Lipinski definition) is 1. The predicted octanol–water partition coefficient (Wildman–Crippen LogP) is 3.47. The molecule has 0 aliphatic heterocycles. The Kier molecular flexibility index (Phi) is 4.29. The van der Waals surface area contributed by atoms with Gasteiger partial charge in [0.15, 0.2) is 0 Å². The minimum atomic E-state index is -3.81. The number of anilines is 1. The summed E-state index contributed by atoms with van der Waals surface area (Å²) in [5.74, 6) is 0. The molecule has 0 aliphatic rings. The molecule has 1 N–H and O–H groups in total. The highest BCUT2D eigenvalue weighted by molar-refractivity contribution is 9.10. The zero-order valence-corrected chi connectivity index (χ0v) is 13.3. The highest BCUT2D eigenvalue weighted by Crippen LogP contribution is 2.29. The van der Waals surface area contributed by atoms with E-state index < -0.39 is 14.9 Å². The summed E-state index contributed by atoms with van der Waals surface area (Å²) < 4.78 is 27.5. The molecule has 0 unspecified atom stereocenters. The smallest absolute Gasteiger partial charge is 0.271 e. The summed E-state index contributed by atoms with van der Waals surface area (Å²) >= 11 is 3.17. The topological polar surface area (TPSA) is 89.3 Å². The first kappa shape index (κ1) is 15.5. The lowest BCUT2D eigenvalue weighted by Gasteiger charge is -2.11. The van der Waals surface area contributed by atoms with Gasteiger partial charge in [-0.15, -0.1) is 0 Å². The number of benzene rings is 2. The fraction of sp³-hybridized carbons (Fsp3) is 0.0769. The Bertz CT molecular complexity index is 806. The first-order valence-corrected chi connectivity index (χ1v) is 8.11. The maximum absolute atomic E-state index is 12.4. The zero-order chi connectivity index (χ0) is 15.6. The number of non-ortho nitro benzene ring substituents is 1. The number of nitrogens with one attached hydrogen (secondary N) is 1. The Hall–Kier alpha value is -1.93. The molecule has 21 heavy (non-hydrogen) atoms. The van der Waals surface area contributed by atoms with Gasteiger partial charge in [0.2, 0.25) is 0 Å². The van der Waals surface area contributed by atoms with Gasteiger partial charge in [-0.1, -0.05) is 18.2 Å². The average molecular weight is 371 g/mol. The van der Waals surface area contributed by atoms with Crippen molar-refractivity contribution in [3.8, 4) is 0 Å². The quantitative estimate of drug-likeness (QED) is 0.658. The number of nitrogens with zero attached hydrogens (tertiary/aromatic N) is 1. The zero-order valence-electron chi connectivity index (χ0n) is 10.9. The van der Waals surface area contributed by atoms with Crippen molar-refractivity contribution in [1.29, 1.82) is 0 Å². The van der Waals surface area contributed by atoms with E-state index in [1.807, 2.05) is 0 Å². The largest absolute Gasteiger partial charge is 0.278 e. The molecule has 0 bridgehead atoms. The lowest BCUT2D eigenvalue weighted by molar-refractivity contribution is -0.384. The van der Waals surface area contributed by atoms with Crippen molar-refractivity contribution < 1.29 is 13.3 Å². The van der Waals surface area contributed by atoms with E-state index in [1.54, 1.807) is 25.1 Å². The normalized spacial score (nSPS) is 11.1. The number of halogens is 1. The molecule has 8 heteroatoms. The second kappa shape index (κ2) is 5.82. The van der Waals surface area contributed by atoms with Gasteiger partial charge in [0.25, 0.3) is 15.7 Å². The van der Waals surface area contributed by atoms with Crippen LogP contribution < -0.4 is 4.72 Å². The number of hydrogen-bond acceptors (Lipinski definition) is 4. The molecule has 0 amide bonds. The van der Waals surface area contributed by atoms with E-state index >= 15 is 0 Å². The van der Waals surface area contributed by atoms with Crippen LogP contribution in [0.5, 0.6) is 0 Å². The van der Waals surface area contributed by atoms with Crippen molar-refractivity contribution in [3.05, 3.63) is 62.6 Å². The summed E-state index contributed by atoms with van der Waals surface area (Å²) in [4.78, 5) is 10.3. The van der Waals surface area contributed by atoms with Gasteiger partial charge >= 0.3 is 0 Å². The molecule has 0 atom stereocenters. The molecular formula is C13H11BrN2O4S. The van der Waals surface area contributed by atoms with Gasteiger partial charge in [0, 0.05) is 16.6 Å². The third-order valence-electron chi connectivity index (χ3n) is 2.79. The molecule has 0 spiro atoms. The van der Waals surface area contributed by atoms with Crippen LogP contribution in [0.4, 0.5) is 11.4 Å². The number of nitro benzene ring substituents is 1. The molecule has 2 aromatic rings. The molecule has 0 saturated heterocycles. The van der Waals surface area contributed by atoms with E-state index in [1.165, 1.54) is 24.3 Å². The second-order valence-corrected chi connectivity index (χ2v) is 6.80. The van der Waals surface area contributed by atoms with Crippen LogP contribution in [0.1, 0.15) is 5.56 Å². The van der Waals surface area contributed by atoms with Crippen molar-refractivity contribution in [3.63, 3.8) is 0 Å². The van der Waals surface area contributed by atoms with E-state index in [0.29, 0.717) is 10.0 Å². The van der Waals surface area contributed by atoms with Gasteiger partial charge in [-0.25, -0.2) is 8.42 Å². The van der Waals surface area contributed by atoms with Crippen LogP contribution in [-0.2, 0) is 10.0 Å². The van der Waals surface area contributed by atoms with Gasteiger partial charge in [-0.3, -0.25) is 14.8 Å². The average Bonchev–Trinajstić information content (AvgIpc) is 2.41. The lowest BCUT2D eigenvalue weighted by Crippen LogP contribution is -2.14. The molecule has 0 aliphatic carbocycles. The summed E-state index contributed by atoms with van der Waals surface area (Å²) in [5, 5.41) is 10.8. The van der Waals surface area contributed by atoms with Gasteiger partial charge in [0.05, 0.1) is 15.5 Å². The highest BCUT2D eigenvalue weighted by Gasteiger charge is 2.19. The van der Waals surface area contributed by atoms with Crippen LogP contribution in [0.25, 0.3) is 0 Å². The van der Waals surface area contributed by atoms with Gasteiger partial charge < -0.3 is 0 Å². The Labute approximate surface area is 130 Å². The molecular weight excluding hydrogens is 360 g/mol. The van der Waals surface area contributed by atoms with E-state index in [9.17, 15) is 18.5 Å². The monoisotopic (exact) mass is 370 g/mol. The molecule has 0 fully saturated rings. The molecule has 110 valence electrons. The molecule has 2 rings (SSSR count). The summed E-state index contributed by atoms with van der Waals surface area (Å²) in [7, 11) is -3.81. The van der Waals surface area contributed by atoms with Gasteiger partial charge in [-0.2, -0.15) is 0 Å². The Morgan fingerprint density at radius 2 is 1.86 bits per heavy atom. The van der Waals surface area contributed by atoms with Crippen molar-refractivity contribution >= 4 is 37.3 Å². The maximum atomic E-state index is 12.4. The fourth-order valence-electron chi connectivity index (χ4n) is 1.76. The van der Waals surface area contributed by atoms with Gasteiger partial charge in [-0.05, 0) is 40.5 Å². The van der Waals surface area contributed by atoms with Crippen LogP contribution in [0.3, 0.4) is 0 Å². The Morgan fingerprint density at radius 3 is 2.48 bits per heavy atom. The number of rotatable bonds is 4. The highest BCUT2D eigenvalue weighted by atomic mass is 79.9. The van der Waals surface area contributed by atoms with E-state index in [0.717, 1.165) is 0 Å². The van der Waals surface area contributed by atoms with E-state index in [4.69, 9.17) is 0 Å². The Balaban J connectivity index is 2.44. The van der Waals surface area contributed by atoms with Crippen LogP contribution in [0, 0.1) is 17.0 Å². The van der Waals surface area contributed by atoms with Crippen molar-refractivity contribution in [1.82, 2.24) is 0 Å². The van der Waals surface area contributed by atoms with E-state index in [2.05, 4.69) is 20.7 Å². The summed E-state index contributed by atoms with van der Waals surface area (Å²) in [6.45, 7) is 1.68. The predicted molar refractivity (Wildman–Crippen MR) is 82.8 cm³/mol. The van der Waals surface area contributed by atoms with Crippen molar-refractivity contribution in [2.45, 2.75) is 11.8 Å².